The highest BCUT2D eigenvalue weighted by molar-refractivity contribution is 7.98. The van der Waals surface area contributed by atoms with Crippen LogP contribution in [-0.4, -0.2) is 13.0 Å². The average Bonchev–Trinajstić information content (AvgIpc) is 2.71. The van der Waals surface area contributed by atoms with Crippen molar-refractivity contribution in [1.29, 1.82) is 0 Å². The first-order valence-electron chi connectivity index (χ1n) is 6.50. The summed E-state index contributed by atoms with van der Waals surface area (Å²) in [5.41, 5.74) is 9.04. The van der Waals surface area contributed by atoms with E-state index in [0.29, 0.717) is 0 Å². The fraction of sp³-hybridized carbons (Fsp3) is 0.188. The standard InChI is InChI=1S/C16H16N2OS/c1-18-14-9-12(7-8-13(14)15(17)16(18)19)20-10-11-5-3-2-4-6-11/h2-9,15H,10,17H2,1H3. The number of carbonyl (C=O) groups is 1. The minimum Gasteiger partial charge on any atom is -0.316 e. The van der Waals surface area contributed by atoms with Gasteiger partial charge in [0.25, 0.3) is 0 Å². The Morgan fingerprint density at radius 1 is 1.20 bits per heavy atom. The number of hydrogen-bond acceptors (Lipinski definition) is 3. The number of amides is 1. The predicted octanol–water partition coefficient (Wildman–Crippen LogP) is 2.96. The van der Waals surface area contributed by atoms with E-state index in [9.17, 15) is 4.79 Å². The molecule has 102 valence electrons. The summed E-state index contributed by atoms with van der Waals surface area (Å²) in [7, 11) is 1.78. The highest BCUT2D eigenvalue weighted by Crippen LogP contribution is 2.37. The first-order valence-corrected chi connectivity index (χ1v) is 7.49. The quantitative estimate of drug-likeness (QED) is 0.881. The van der Waals surface area contributed by atoms with Gasteiger partial charge in [-0.1, -0.05) is 36.4 Å². The maximum absolute atomic E-state index is 11.8. The molecular weight excluding hydrogens is 268 g/mol. The molecule has 1 aliphatic heterocycles. The molecule has 1 amide bonds. The number of fused-ring (bicyclic) bond motifs is 1. The minimum atomic E-state index is -0.511. The molecule has 3 rings (SSSR count). The number of carbonyl (C=O) groups excluding carboxylic acids is 1. The van der Waals surface area contributed by atoms with Crippen LogP contribution in [0.25, 0.3) is 0 Å². The average molecular weight is 284 g/mol. The second-order valence-corrected chi connectivity index (χ2v) is 5.92. The number of nitrogens with zero attached hydrogens (tertiary/aromatic N) is 1. The van der Waals surface area contributed by atoms with Crippen molar-refractivity contribution in [3.63, 3.8) is 0 Å². The molecule has 1 unspecified atom stereocenters. The van der Waals surface area contributed by atoms with E-state index in [4.69, 9.17) is 5.73 Å². The summed E-state index contributed by atoms with van der Waals surface area (Å²) in [6.07, 6.45) is 0. The highest BCUT2D eigenvalue weighted by Gasteiger charge is 2.32. The number of benzene rings is 2. The highest BCUT2D eigenvalue weighted by atomic mass is 32.2. The summed E-state index contributed by atoms with van der Waals surface area (Å²) in [5.74, 6) is 0.883. The zero-order chi connectivity index (χ0) is 14.1. The largest absolute Gasteiger partial charge is 0.316 e. The molecular formula is C16H16N2OS. The predicted molar refractivity (Wildman–Crippen MR) is 82.8 cm³/mol. The van der Waals surface area contributed by atoms with Crippen LogP contribution in [0.15, 0.2) is 53.4 Å². The van der Waals surface area contributed by atoms with Crippen LogP contribution in [0.4, 0.5) is 5.69 Å². The van der Waals surface area contributed by atoms with Crippen molar-refractivity contribution < 1.29 is 4.79 Å². The first-order chi connectivity index (χ1) is 9.66. The van der Waals surface area contributed by atoms with Gasteiger partial charge in [0.15, 0.2) is 0 Å². The van der Waals surface area contributed by atoms with Crippen molar-refractivity contribution in [2.75, 3.05) is 11.9 Å². The normalized spacial score (nSPS) is 17.4. The Hall–Kier alpha value is -1.78. The van der Waals surface area contributed by atoms with Gasteiger partial charge in [0.2, 0.25) is 5.91 Å². The molecule has 0 aliphatic carbocycles. The van der Waals surface area contributed by atoms with E-state index < -0.39 is 6.04 Å². The van der Waals surface area contributed by atoms with Gasteiger partial charge >= 0.3 is 0 Å². The summed E-state index contributed by atoms with van der Waals surface area (Å²) >= 11 is 1.77. The molecule has 2 aromatic rings. The molecule has 1 heterocycles. The third-order valence-electron chi connectivity index (χ3n) is 3.54. The molecule has 1 aliphatic rings. The lowest BCUT2D eigenvalue weighted by molar-refractivity contribution is -0.118. The third-order valence-corrected chi connectivity index (χ3v) is 4.61. The Morgan fingerprint density at radius 2 is 1.95 bits per heavy atom. The molecule has 0 aromatic heterocycles. The van der Waals surface area contributed by atoms with Gasteiger partial charge < -0.3 is 10.6 Å². The van der Waals surface area contributed by atoms with Crippen molar-refractivity contribution >= 4 is 23.4 Å². The van der Waals surface area contributed by atoms with E-state index in [-0.39, 0.29) is 5.91 Å². The fourth-order valence-electron chi connectivity index (χ4n) is 2.37. The molecule has 0 spiro atoms. The Balaban J connectivity index is 1.79. The number of anilines is 1. The van der Waals surface area contributed by atoms with Crippen LogP contribution in [0.1, 0.15) is 17.2 Å². The maximum atomic E-state index is 11.8. The topological polar surface area (TPSA) is 46.3 Å². The zero-order valence-corrected chi connectivity index (χ0v) is 12.1. The lowest BCUT2D eigenvalue weighted by atomic mass is 10.1. The summed E-state index contributed by atoms with van der Waals surface area (Å²) in [6, 6.07) is 15.9. The van der Waals surface area contributed by atoms with Crippen LogP contribution < -0.4 is 10.6 Å². The van der Waals surface area contributed by atoms with Crippen LogP contribution in [0.2, 0.25) is 0 Å². The van der Waals surface area contributed by atoms with Gasteiger partial charge in [0.05, 0.1) is 0 Å². The number of rotatable bonds is 3. The van der Waals surface area contributed by atoms with E-state index in [1.807, 2.05) is 36.4 Å². The summed E-state index contributed by atoms with van der Waals surface area (Å²) in [6.45, 7) is 0. The molecule has 0 bridgehead atoms. The number of likely N-dealkylation sites (N-methyl/N-ethyl adjacent to an activating group) is 1. The smallest absolute Gasteiger partial charge is 0.248 e. The minimum absolute atomic E-state index is 0.0368. The lowest BCUT2D eigenvalue weighted by Crippen LogP contribution is -2.27. The molecule has 1 atom stereocenters. The van der Waals surface area contributed by atoms with Gasteiger partial charge in [0.1, 0.15) is 6.04 Å². The lowest BCUT2D eigenvalue weighted by Gasteiger charge is -2.11. The van der Waals surface area contributed by atoms with Crippen LogP contribution in [0, 0.1) is 0 Å². The van der Waals surface area contributed by atoms with Crippen LogP contribution in [-0.2, 0) is 10.5 Å². The summed E-state index contributed by atoms with van der Waals surface area (Å²) in [4.78, 5) is 14.6. The molecule has 0 fully saturated rings. The Bertz CT molecular complexity index is 642. The van der Waals surface area contributed by atoms with Crippen molar-refractivity contribution in [2.45, 2.75) is 16.7 Å². The van der Waals surface area contributed by atoms with Gasteiger partial charge in [-0.2, -0.15) is 0 Å². The van der Waals surface area contributed by atoms with Crippen molar-refractivity contribution in [3.05, 3.63) is 59.7 Å². The van der Waals surface area contributed by atoms with Crippen molar-refractivity contribution in [1.82, 2.24) is 0 Å². The van der Waals surface area contributed by atoms with E-state index in [1.54, 1.807) is 23.7 Å². The van der Waals surface area contributed by atoms with Gasteiger partial charge in [-0.15, -0.1) is 11.8 Å². The van der Waals surface area contributed by atoms with Crippen molar-refractivity contribution in [3.8, 4) is 0 Å². The summed E-state index contributed by atoms with van der Waals surface area (Å²) in [5, 5.41) is 0. The summed E-state index contributed by atoms with van der Waals surface area (Å²) < 4.78 is 0. The molecule has 20 heavy (non-hydrogen) atoms. The molecule has 2 N–H and O–H groups in total. The van der Waals surface area contributed by atoms with Gasteiger partial charge in [0, 0.05) is 28.9 Å². The number of thioether (sulfide) groups is 1. The van der Waals surface area contributed by atoms with Crippen LogP contribution in [0.5, 0.6) is 0 Å². The van der Waals surface area contributed by atoms with Crippen molar-refractivity contribution in [2.24, 2.45) is 5.73 Å². The molecule has 2 aromatic carbocycles. The molecule has 3 nitrogen and oxygen atoms in total. The Labute approximate surface area is 122 Å². The van der Waals surface area contributed by atoms with Gasteiger partial charge in [-0.3, -0.25) is 4.79 Å². The zero-order valence-electron chi connectivity index (χ0n) is 11.2. The Kier molecular flexibility index (Phi) is 3.51. The van der Waals surface area contributed by atoms with E-state index in [0.717, 1.165) is 21.9 Å². The second-order valence-electron chi connectivity index (χ2n) is 4.87. The van der Waals surface area contributed by atoms with E-state index in [2.05, 4.69) is 12.1 Å². The monoisotopic (exact) mass is 284 g/mol. The first kappa shape index (κ1) is 13.2. The van der Waals surface area contributed by atoms with Crippen LogP contribution in [0.3, 0.4) is 0 Å². The molecule has 0 saturated heterocycles. The SMILES string of the molecule is CN1C(=O)C(N)c2ccc(SCc3ccccc3)cc21. The van der Waals surface area contributed by atoms with Crippen LogP contribution >= 0.6 is 11.8 Å². The third kappa shape index (κ3) is 2.32. The molecule has 4 heteroatoms. The number of nitrogens with two attached hydrogens (primary N) is 1. The Morgan fingerprint density at radius 3 is 2.70 bits per heavy atom. The van der Waals surface area contributed by atoms with Gasteiger partial charge in [-0.25, -0.2) is 0 Å². The molecule has 0 saturated carbocycles. The number of hydrogen-bond donors (Lipinski definition) is 1. The fourth-order valence-corrected chi connectivity index (χ4v) is 3.25. The van der Waals surface area contributed by atoms with Gasteiger partial charge in [-0.05, 0) is 17.7 Å². The maximum Gasteiger partial charge on any atom is 0.248 e. The second kappa shape index (κ2) is 5.31. The van der Waals surface area contributed by atoms with E-state index in [1.165, 1.54) is 5.56 Å². The molecule has 0 radical (unpaired) electrons. The van der Waals surface area contributed by atoms with E-state index >= 15 is 0 Å².